The molecule has 5 rings (SSSR count). The van der Waals surface area contributed by atoms with Crippen molar-refractivity contribution in [3.05, 3.63) is 60.1 Å². The van der Waals surface area contributed by atoms with E-state index < -0.39 is 0 Å². The standard InChI is InChI=1S/C21H21N7O2/c1-13-16(17-18(27-21(2)6-7-21)23-12-24-20(17)30-13)19(29)26-15-9-25-28(11-15)10-14-5-3-4-8-22-14/h3-5,8-9,11-12H,6-7,10H2,1-2H3,(H,26,29)(H,23,24,27). The first-order valence-electron chi connectivity index (χ1n) is 9.77. The van der Waals surface area contributed by atoms with E-state index in [0.29, 0.717) is 40.5 Å². The zero-order chi connectivity index (χ0) is 20.7. The lowest BCUT2D eigenvalue weighted by Crippen LogP contribution is -2.18. The third kappa shape index (κ3) is 3.49. The molecule has 0 spiro atoms. The topological polar surface area (TPSA) is 111 Å². The van der Waals surface area contributed by atoms with Crippen molar-refractivity contribution in [2.45, 2.75) is 38.8 Å². The van der Waals surface area contributed by atoms with Crippen LogP contribution in [0.4, 0.5) is 11.5 Å². The molecular formula is C21H21N7O2. The van der Waals surface area contributed by atoms with Gasteiger partial charge < -0.3 is 15.1 Å². The highest BCUT2D eigenvalue weighted by atomic mass is 16.3. The van der Waals surface area contributed by atoms with Crippen molar-refractivity contribution in [2.75, 3.05) is 10.6 Å². The fourth-order valence-electron chi connectivity index (χ4n) is 3.38. The second-order valence-electron chi connectivity index (χ2n) is 7.82. The minimum atomic E-state index is -0.289. The number of hydrogen-bond donors (Lipinski definition) is 2. The van der Waals surface area contributed by atoms with Gasteiger partial charge in [-0.25, -0.2) is 9.97 Å². The van der Waals surface area contributed by atoms with E-state index in [-0.39, 0.29) is 11.4 Å². The van der Waals surface area contributed by atoms with Gasteiger partial charge in [-0.2, -0.15) is 5.10 Å². The van der Waals surface area contributed by atoms with Crippen LogP contribution in [-0.2, 0) is 6.54 Å². The molecule has 1 fully saturated rings. The monoisotopic (exact) mass is 403 g/mol. The smallest absolute Gasteiger partial charge is 0.260 e. The lowest BCUT2D eigenvalue weighted by Gasteiger charge is -2.13. The summed E-state index contributed by atoms with van der Waals surface area (Å²) in [6.45, 7) is 4.40. The summed E-state index contributed by atoms with van der Waals surface area (Å²) in [5.74, 6) is 0.822. The summed E-state index contributed by atoms with van der Waals surface area (Å²) in [7, 11) is 0. The maximum Gasteiger partial charge on any atom is 0.260 e. The Bertz CT molecular complexity index is 1220. The maximum absolute atomic E-state index is 13.1. The molecule has 1 saturated carbocycles. The fourth-order valence-corrected chi connectivity index (χ4v) is 3.38. The van der Waals surface area contributed by atoms with Gasteiger partial charge in [0.05, 0.1) is 35.1 Å². The summed E-state index contributed by atoms with van der Waals surface area (Å²) in [6.07, 6.45) is 8.69. The van der Waals surface area contributed by atoms with Gasteiger partial charge in [0.1, 0.15) is 17.9 Å². The Morgan fingerprint density at radius 1 is 1.27 bits per heavy atom. The molecule has 0 unspecified atom stereocenters. The van der Waals surface area contributed by atoms with Gasteiger partial charge in [-0.3, -0.25) is 14.5 Å². The Labute approximate surface area is 172 Å². The predicted molar refractivity (Wildman–Crippen MR) is 111 cm³/mol. The van der Waals surface area contributed by atoms with Crippen LogP contribution in [0.15, 0.2) is 47.5 Å². The molecular weight excluding hydrogens is 382 g/mol. The minimum absolute atomic E-state index is 0.00676. The van der Waals surface area contributed by atoms with E-state index in [0.717, 1.165) is 18.5 Å². The summed E-state index contributed by atoms with van der Waals surface area (Å²) < 4.78 is 7.46. The van der Waals surface area contributed by atoms with Crippen LogP contribution >= 0.6 is 0 Å². The maximum atomic E-state index is 13.1. The Morgan fingerprint density at radius 3 is 2.90 bits per heavy atom. The molecule has 2 N–H and O–H groups in total. The number of aromatic nitrogens is 5. The molecule has 0 aliphatic heterocycles. The SMILES string of the molecule is Cc1oc2ncnc(NC3(C)CC3)c2c1C(=O)Nc1cnn(Cc2ccccn2)c1. The number of nitrogens with one attached hydrogen (secondary N) is 2. The molecule has 1 amide bonds. The van der Waals surface area contributed by atoms with E-state index in [2.05, 4.69) is 37.6 Å². The minimum Gasteiger partial charge on any atom is -0.442 e. The number of rotatable bonds is 6. The van der Waals surface area contributed by atoms with E-state index in [4.69, 9.17) is 4.42 Å². The van der Waals surface area contributed by atoms with Crippen LogP contribution in [0.1, 0.15) is 41.6 Å². The first-order valence-corrected chi connectivity index (χ1v) is 9.77. The molecule has 1 aliphatic carbocycles. The van der Waals surface area contributed by atoms with E-state index >= 15 is 0 Å². The third-order valence-electron chi connectivity index (χ3n) is 5.25. The Hall–Kier alpha value is -3.75. The number of amides is 1. The molecule has 4 aromatic rings. The predicted octanol–water partition coefficient (Wildman–Crippen LogP) is 3.39. The van der Waals surface area contributed by atoms with Crippen LogP contribution in [0.5, 0.6) is 0 Å². The number of carbonyl (C=O) groups excluding carboxylic acids is 1. The first kappa shape index (κ1) is 18.3. The number of anilines is 2. The Morgan fingerprint density at radius 2 is 2.13 bits per heavy atom. The van der Waals surface area contributed by atoms with Crippen molar-refractivity contribution >= 4 is 28.5 Å². The van der Waals surface area contributed by atoms with Crippen molar-refractivity contribution in [1.82, 2.24) is 24.7 Å². The van der Waals surface area contributed by atoms with Gasteiger partial charge >= 0.3 is 0 Å². The second-order valence-corrected chi connectivity index (χ2v) is 7.82. The summed E-state index contributed by atoms with van der Waals surface area (Å²) in [5.41, 5.74) is 2.30. The molecule has 9 nitrogen and oxygen atoms in total. The van der Waals surface area contributed by atoms with Gasteiger partial charge in [-0.05, 0) is 38.8 Å². The Balaban J connectivity index is 1.41. The van der Waals surface area contributed by atoms with Gasteiger partial charge in [-0.1, -0.05) is 6.07 Å². The van der Waals surface area contributed by atoms with Crippen LogP contribution in [0.2, 0.25) is 0 Å². The van der Waals surface area contributed by atoms with Crippen LogP contribution < -0.4 is 10.6 Å². The molecule has 0 bridgehead atoms. The van der Waals surface area contributed by atoms with Crippen LogP contribution in [-0.4, -0.2) is 36.2 Å². The van der Waals surface area contributed by atoms with Crippen molar-refractivity contribution in [3.63, 3.8) is 0 Å². The molecule has 0 saturated heterocycles. The van der Waals surface area contributed by atoms with Gasteiger partial charge in [-0.15, -0.1) is 0 Å². The zero-order valence-electron chi connectivity index (χ0n) is 16.7. The lowest BCUT2D eigenvalue weighted by molar-refractivity contribution is 0.102. The highest BCUT2D eigenvalue weighted by molar-refractivity contribution is 6.15. The third-order valence-corrected chi connectivity index (χ3v) is 5.25. The molecule has 152 valence electrons. The molecule has 4 heterocycles. The molecule has 0 atom stereocenters. The van der Waals surface area contributed by atoms with E-state index in [1.165, 1.54) is 6.33 Å². The summed E-state index contributed by atoms with van der Waals surface area (Å²) in [5, 5.41) is 11.2. The first-order chi connectivity index (χ1) is 14.5. The van der Waals surface area contributed by atoms with Gasteiger partial charge in [0, 0.05) is 17.9 Å². The van der Waals surface area contributed by atoms with Gasteiger partial charge in [0.15, 0.2) is 0 Å². The summed E-state index contributed by atoms with van der Waals surface area (Å²) >= 11 is 0. The van der Waals surface area contributed by atoms with Crippen molar-refractivity contribution < 1.29 is 9.21 Å². The van der Waals surface area contributed by atoms with Crippen LogP contribution in [0.3, 0.4) is 0 Å². The van der Waals surface area contributed by atoms with Crippen molar-refractivity contribution in [1.29, 1.82) is 0 Å². The lowest BCUT2D eigenvalue weighted by atomic mass is 10.1. The van der Waals surface area contributed by atoms with E-state index in [1.807, 2.05) is 18.2 Å². The molecule has 0 aromatic carbocycles. The highest BCUT2D eigenvalue weighted by Gasteiger charge is 2.38. The average Bonchev–Trinajstić information content (AvgIpc) is 3.12. The number of nitrogens with zero attached hydrogens (tertiary/aromatic N) is 5. The largest absolute Gasteiger partial charge is 0.442 e. The molecule has 30 heavy (non-hydrogen) atoms. The molecule has 9 heteroatoms. The van der Waals surface area contributed by atoms with Gasteiger partial charge in [0.25, 0.3) is 5.91 Å². The summed E-state index contributed by atoms with van der Waals surface area (Å²) in [4.78, 5) is 26.0. The Kier molecular flexibility index (Phi) is 4.23. The number of aryl methyl sites for hydroxylation is 1. The van der Waals surface area contributed by atoms with E-state index in [1.54, 1.807) is 30.2 Å². The molecule has 0 radical (unpaired) electrons. The highest BCUT2D eigenvalue weighted by Crippen LogP contribution is 2.40. The van der Waals surface area contributed by atoms with Crippen LogP contribution in [0, 0.1) is 6.92 Å². The molecule has 4 aromatic heterocycles. The van der Waals surface area contributed by atoms with Crippen molar-refractivity contribution in [3.8, 4) is 0 Å². The zero-order valence-corrected chi connectivity index (χ0v) is 16.7. The number of carbonyl (C=O) groups is 1. The summed E-state index contributed by atoms with van der Waals surface area (Å²) in [6, 6.07) is 5.72. The normalized spacial score (nSPS) is 14.6. The quantitative estimate of drug-likeness (QED) is 0.508. The molecule has 1 aliphatic rings. The fraction of sp³-hybridized carbons (Fsp3) is 0.286. The second kappa shape index (κ2) is 6.94. The van der Waals surface area contributed by atoms with E-state index in [9.17, 15) is 4.79 Å². The number of fused-ring (bicyclic) bond motifs is 1. The van der Waals surface area contributed by atoms with Crippen LogP contribution in [0.25, 0.3) is 11.1 Å². The number of pyridine rings is 1. The van der Waals surface area contributed by atoms with Crippen molar-refractivity contribution in [2.24, 2.45) is 0 Å². The average molecular weight is 403 g/mol. The number of furan rings is 1. The van der Waals surface area contributed by atoms with Gasteiger partial charge in [0.2, 0.25) is 5.71 Å². The number of hydrogen-bond acceptors (Lipinski definition) is 7.